The molecule has 0 aromatic heterocycles. The molecule has 29 heavy (non-hydrogen) atoms. The van der Waals surface area contributed by atoms with E-state index in [0.29, 0.717) is 12.5 Å². The van der Waals surface area contributed by atoms with Gasteiger partial charge in [0.15, 0.2) is 0 Å². The van der Waals surface area contributed by atoms with E-state index in [9.17, 15) is 4.79 Å². The van der Waals surface area contributed by atoms with Crippen LogP contribution >= 0.6 is 0 Å². The number of rotatable bonds is 13. The van der Waals surface area contributed by atoms with Gasteiger partial charge in [-0.3, -0.25) is 0 Å². The van der Waals surface area contributed by atoms with E-state index in [4.69, 9.17) is 5.11 Å². The third kappa shape index (κ3) is 7.56. The van der Waals surface area contributed by atoms with Gasteiger partial charge in [0, 0.05) is 5.92 Å². The van der Waals surface area contributed by atoms with Crippen LogP contribution in [0.1, 0.15) is 87.0 Å². The van der Waals surface area contributed by atoms with Crippen LogP contribution in [-0.4, -0.2) is 17.9 Å². The van der Waals surface area contributed by atoms with E-state index in [2.05, 4.69) is 67.1 Å². The molecule has 3 heteroatoms. The van der Waals surface area contributed by atoms with Crippen LogP contribution in [0.4, 0.5) is 4.79 Å². The predicted molar refractivity (Wildman–Crippen MR) is 120 cm³/mol. The quantitative estimate of drug-likeness (QED) is 0.284. The molecule has 1 N–H and O–H groups in total. The Morgan fingerprint density at radius 3 is 2.31 bits per heavy atom. The molecule has 0 aliphatic heterocycles. The molecule has 1 atom stereocenters. The van der Waals surface area contributed by atoms with Gasteiger partial charge in [0.1, 0.15) is 0 Å². The van der Waals surface area contributed by atoms with Crippen molar-refractivity contribution in [1.29, 1.82) is 0 Å². The summed E-state index contributed by atoms with van der Waals surface area (Å²) in [6.45, 7) is 4.82. The molecule has 0 aliphatic carbocycles. The highest BCUT2D eigenvalue weighted by atomic mass is 16.7. The largest absolute Gasteiger partial charge is 0.505 e. The van der Waals surface area contributed by atoms with Gasteiger partial charge in [-0.05, 0) is 47.9 Å². The van der Waals surface area contributed by atoms with E-state index >= 15 is 0 Å². The lowest BCUT2D eigenvalue weighted by Crippen LogP contribution is -2.08. The van der Waals surface area contributed by atoms with Gasteiger partial charge in [0.25, 0.3) is 0 Å². The standard InChI is InChI=1S/C26H36O3/c1-3-13-21-17-12-19-25(23(21)14-4-2)24(22-15-8-7-9-16-22)18-10-5-6-11-20-29-26(27)28/h7-9,12,15-17,19,24H,3-6,10-11,13-14,18,20H2,1-2H3,(H,27,28). The lowest BCUT2D eigenvalue weighted by molar-refractivity contribution is 0.0899. The minimum Gasteiger partial charge on any atom is -0.450 e. The third-order valence-electron chi connectivity index (χ3n) is 5.52. The maximum atomic E-state index is 10.4. The van der Waals surface area contributed by atoms with Crippen LogP contribution < -0.4 is 0 Å². The van der Waals surface area contributed by atoms with Gasteiger partial charge in [-0.1, -0.05) is 94.5 Å². The minimum absolute atomic E-state index is 0.303. The van der Waals surface area contributed by atoms with E-state index in [-0.39, 0.29) is 0 Å². The molecule has 0 fully saturated rings. The van der Waals surface area contributed by atoms with Crippen molar-refractivity contribution in [3.8, 4) is 0 Å². The van der Waals surface area contributed by atoms with Gasteiger partial charge in [-0.25, -0.2) is 4.79 Å². The summed E-state index contributed by atoms with van der Waals surface area (Å²) in [7, 11) is 0. The minimum atomic E-state index is -1.18. The van der Waals surface area contributed by atoms with Crippen molar-refractivity contribution in [3.63, 3.8) is 0 Å². The molecular formula is C26H36O3. The Labute approximate surface area is 176 Å². The fraction of sp³-hybridized carbons (Fsp3) is 0.500. The molecule has 158 valence electrons. The third-order valence-corrected chi connectivity index (χ3v) is 5.52. The highest BCUT2D eigenvalue weighted by Crippen LogP contribution is 2.34. The zero-order valence-electron chi connectivity index (χ0n) is 18.0. The molecule has 1 unspecified atom stereocenters. The lowest BCUT2D eigenvalue weighted by Gasteiger charge is -2.23. The summed E-state index contributed by atoms with van der Waals surface area (Å²) in [5.41, 5.74) is 5.96. The summed E-state index contributed by atoms with van der Waals surface area (Å²) in [6.07, 6.45) is 8.62. The number of ether oxygens (including phenoxy) is 1. The van der Waals surface area contributed by atoms with Crippen LogP contribution in [0.15, 0.2) is 48.5 Å². The van der Waals surface area contributed by atoms with Crippen LogP contribution in [0, 0.1) is 0 Å². The fourth-order valence-electron chi connectivity index (χ4n) is 4.19. The summed E-state index contributed by atoms with van der Waals surface area (Å²) in [4.78, 5) is 10.4. The Kier molecular flexibility index (Phi) is 10.3. The first-order valence-corrected chi connectivity index (χ1v) is 11.2. The first-order chi connectivity index (χ1) is 14.2. The number of carboxylic acid groups (broad SMARTS) is 1. The van der Waals surface area contributed by atoms with Crippen LogP contribution in [0.25, 0.3) is 0 Å². The molecular weight excluding hydrogens is 360 g/mol. The van der Waals surface area contributed by atoms with E-state index < -0.39 is 6.16 Å². The Balaban J connectivity index is 2.13. The van der Waals surface area contributed by atoms with E-state index in [1.807, 2.05) is 0 Å². The highest BCUT2D eigenvalue weighted by molar-refractivity contribution is 5.56. The molecule has 0 heterocycles. The molecule has 0 spiro atoms. The molecule has 0 saturated heterocycles. The summed E-state index contributed by atoms with van der Waals surface area (Å²) in [6, 6.07) is 17.8. The van der Waals surface area contributed by atoms with Gasteiger partial charge in [-0.15, -0.1) is 0 Å². The number of aryl methyl sites for hydroxylation is 1. The maximum absolute atomic E-state index is 10.4. The van der Waals surface area contributed by atoms with E-state index in [0.717, 1.165) is 44.9 Å². The normalized spacial score (nSPS) is 11.9. The molecule has 2 aromatic rings. The molecule has 2 aromatic carbocycles. The Morgan fingerprint density at radius 2 is 1.62 bits per heavy atom. The SMILES string of the molecule is CCCc1cccc(C(CCCCCCOC(=O)O)c2ccccc2)c1CCC. The first kappa shape index (κ1) is 23.0. The summed E-state index contributed by atoms with van der Waals surface area (Å²) in [5.74, 6) is 0.421. The number of hydrogen-bond donors (Lipinski definition) is 1. The summed E-state index contributed by atoms with van der Waals surface area (Å²) in [5, 5.41) is 8.55. The van der Waals surface area contributed by atoms with Crippen LogP contribution in [0.5, 0.6) is 0 Å². The van der Waals surface area contributed by atoms with E-state index in [1.165, 1.54) is 29.5 Å². The monoisotopic (exact) mass is 396 g/mol. The molecule has 0 bridgehead atoms. The van der Waals surface area contributed by atoms with Gasteiger partial charge in [-0.2, -0.15) is 0 Å². The lowest BCUT2D eigenvalue weighted by atomic mass is 9.81. The van der Waals surface area contributed by atoms with E-state index in [1.54, 1.807) is 5.56 Å². The van der Waals surface area contributed by atoms with Crippen LogP contribution in [-0.2, 0) is 17.6 Å². The maximum Gasteiger partial charge on any atom is 0.505 e. The average Bonchev–Trinajstić information content (AvgIpc) is 2.72. The molecule has 0 amide bonds. The molecule has 0 saturated carbocycles. The average molecular weight is 397 g/mol. The molecule has 0 radical (unpaired) electrons. The van der Waals surface area contributed by atoms with Crippen LogP contribution in [0.2, 0.25) is 0 Å². The highest BCUT2D eigenvalue weighted by Gasteiger charge is 2.18. The summed E-state index contributed by atoms with van der Waals surface area (Å²) < 4.78 is 4.60. The Bertz CT molecular complexity index is 724. The number of carbonyl (C=O) groups is 1. The number of benzene rings is 2. The van der Waals surface area contributed by atoms with Gasteiger partial charge in [0.2, 0.25) is 0 Å². The zero-order chi connectivity index (χ0) is 20.9. The van der Waals surface area contributed by atoms with Crippen molar-refractivity contribution < 1.29 is 14.6 Å². The van der Waals surface area contributed by atoms with Gasteiger partial charge in [0.05, 0.1) is 6.61 Å². The van der Waals surface area contributed by atoms with Crippen molar-refractivity contribution in [1.82, 2.24) is 0 Å². The number of unbranched alkanes of at least 4 members (excludes halogenated alkanes) is 3. The van der Waals surface area contributed by atoms with Crippen molar-refractivity contribution in [2.45, 2.75) is 77.6 Å². The topological polar surface area (TPSA) is 46.5 Å². The second-order valence-corrected chi connectivity index (χ2v) is 7.77. The molecule has 2 rings (SSSR count). The smallest absolute Gasteiger partial charge is 0.450 e. The predicted octanol–water partition coefficient (Wildman–Crippen LogP) is 7.37. The Hall–Kier alpha value is -2.29. The fourth-order valence-corrected chi connectivity index (χ4v) is 4.19. The molecule has 3 nitrogen and oxygen atoms in total. The second-order valence-electron chi connectivity index (χ2n) is 7.77. The first-order valence-electron chi connectivity index (χ1n) is 11.2. The summed E-state index contributed by atoms with van der Waals surface area (Å²) >= 11 is 0. The van der Waals surface area contributed by atoms with Crippen molar-refractivity contribution >= 4 is 6.16 Å². The Morgan fingerprint density at radius 1 is 0.897 bits per heavy atom. The zero-order valence-corrected chi connectivity index (χ0v) is 18.0. The van der Waals surface area contributed by atoms with Crippen molar-refractivity contribution in [2.24, 2.45) is 0 Å². The molecule has 0 aliphatic rings. The van der Waals surface area contributed by atoms with Crippen LogP contribution in [0.3, 0.4) is 0 Å². The van der Waals surface area contributed by atoms with Gasteiger partial charge < -0.3 is 9.84 Å². The number of hydrogen-bond acceptors (Lipinski definition) is 2. The van der Waals surface area contributed by atoms with Crippen molar-refractivity contribution in [3.05, 3.63) is 70.8 Å². The van der Waals surface area contributed by atoms with Crippen molar-refractivity contribution in [2.75, 3.05) is 6.61 Å². The second kappa shape index (κ2) is 13.0. The van der Waals surface area contributed by atoms with Gasteiger partial charge >= 0.3 is 6.16 Å².